The number of nitrogens with zero attached hydrogens (tertiary/aromatic N) is 3. The Morgan fingerprint density at radius 2 is 1.43 bits per heavy atom. The smallest absolute Gasteiger partial charge is 0.123 e. The molecule has 2 atom stereocenters. The number of nitrogens with two attached hydrogens (primary N) is 1. The van der Waals surface area contributed by atoms with E-state index in [2.05, 4.69) is 81.5 Å². The predicted octanol–water partition coefficient (Wildman–Crippen LogP) is 4.18. The van der Waals surface area contributed by atoms with Crippen LogP contribution >= 0.6 is 8.58 Å². The zero-order valence-corrected chi connectivity index (χ0v) is 18.2. The second-order valence-corrected chi connectivity index (χ2v) is 9.81. The highest BCUT2D eigenvalue weighted by Gasteiger charge is 2.49. The highest BCUT2D eigenvalue weighted by Crippen LogP contribution is 2.53. The lowest BCUT2D eigenvalue weighted by molar-refractivity contribution is 0.105. The number of aromatic nitrogens is 1. The van der Waals surface area contributed by atoms with Crippen LogP contribution in [0.1, 0.15) is 17.5 Å². The van der Waals surface area contributed by atoms with E-state index in [1.807, 2.05) is 12.3 Å². The lowest BCUT2D eigenvalue weighted by Gasteiger charge is -2.55. The molecule has 0 aliphatic carbocycles. The number of benzene rings is 2. The third-order valence-electron chi connectivity index (χ3n) is 6.67. The van der Waals surface area contributed by atoms with Crippen LogP contribution in [0.3, 0.4) is 0 Å². The number of hydrogen-bond acceptors (Lipinski definition) is 4. The van der Waals surface area contributed by atoms with Crippen LogP contribution < -0.4 is 10.6 Å². The van der Waals surface area contributed by atoms with Gasteiger partial charge in [0.25, 0.3) is 0 Å². The van der Waals surface area contributed by atoms with Gasteiger partial charge in [0.2, 0.25) is 0 Å². The minimum absolute atomic E-state index is 0.0370. The summed E-state index contributed by atoms with van der Waals surface area (Å²) < 4.78 is 0. The van der Waals surface area contributed by atoms with Gasteiger partial charge in [-0.05, 0) is 35.8 Å². The van der Waals surface area contributed by atoms with Crippen molar-refractivity contribution in [1.82, 2.24) is 9.88 Å². The van der Waals surface area contributed by atoms with Gasteiger partial charge in [-0.2, -0.15) is 0 Å². The fraction of sp³-hybridized carbons (Fsp3) is 0.320. The number of pyridine rings is 1. The van der Waals surface area contributed by atoms with E-state index in [1.54, 1.807) is 0 Å². The zero-order chi connectivity index (χ0) is 20.4. The Labute approximate surface area is 180 Å². The fourth-order valence-corrected chi connectivity index (χ4v) is 6.47. The van der Waals surface area contributed by atoms with Crippen LogP contribution in [0.2, 0.25) is 0 Å². The van der Waals surface area contributed by atoms with Gasteiger partial charge in [-0.1, -0.05) is 60.7 Å². The minimum atomic E-state index is -0.0370. The third-order valence-corrected chi connectivity index (χ3v) is 8.45. The first-order valence-corrected chi connectivity index (χ1v) is 12.1. The van der Waals surface area contributed by atoms with Crippen molar-refractivity contribution in [3.8, 4) is 0 Å². The molecule has 3 aromatic rings. The molecule has 5 heteroatoms. The van der Waals surface area contributed by atoms with Gasteiger partial charge in [0.05, 0.1) is 17.4 Å². The molecule has 0 bridgehead atoms. The van der Waals surface area contributed by atoms with Gasteiger partial charge in [-0.15, -0.1) is 8.58 Å². The second kappa shape index (κ2) is 8.37. The number of piperazine rings is 1. The molecular formula is C25H29N4P. The number of hydrogen-bond donors (Lipinski definition) is 1. The Morgan fingerprint density at radius 3 is 1.90 bits per heavy atom. The van der Waals surface area contributed by atoms with Crippen molar-refractivity contribution in [2.45, 2.75) is 17.6 Å². The van der Waals surface area contributed by atoms with Crippen LogP contribution in [-0.4, -0.2) is 47.9 Å². The van der Waals surface area contributed by atoms with Gasteiger partial charge in [0, 0.05) is 31.8 Å². The molecule has 2 N–H and O–H groups in total. The first-order chi connectivity index (χ1) is 14.8. The van der Waals surface area contributed by atoms with Crippen molar-refractivity contribution in [1.29, 1.82) is 0 Å². The molecule has 0 radical (unpaired) electrons. The van der Waals surface area contributed by atoms with Gasteiger partial charge in [0.1, 0.15) is 5.82 Å². The molecule has 30 heavy (non-hydrogen) atoms. The van der Waals surface area contributed by atoms with Crippen molar-refractivity contribution >= 4 is 20.1 Å². The quantitative estimate of drug-likeness (QED) is 0.634. The van der Waals surface area contributed by atoms with Crippen molar-refractivity contribution in [3.05, 3.63) is 90.1 Å². The van der Waals surface area contributed by atoms with Crippen molar-refractivity contribution < 1.29 is 0 Å². The Bertz CT molecular complexity index is 910. The first kappa shape index (κ1) is 19.5. The largest absolute Gasteiger partial charge is 0.384 e. The van der Waals surface area contributed by atoms with E-state index in [0.29, 0.717) is 11.5 Å². The predicted molar refractivity (Wildman–Crippen MR) is 128 cm³/mol. The van der Waals surface area contributed by atoms with E-state index >= 15 is 0 Å². The van der Waals surface area contributed by atoms with Gasteiger partial charge in [-0.25, -0.2) is 4.98 Å². The van der Waals surface area contributed by atoms with Crippen LogP contribution in [0.5, 0.6) is 0 Å². The van der Waals surface area contributed by atoms with E-state index < -0.39 is 0 Å². The molecule has 4 nitrogen and oxygen atoms in total. The molecule has 0 saturated carbocycles. The molecule has 0 spiro atoms. The van der Waals surface area contributed by atoms with E-state index in [9.17, 15) is 0 Å². The standard InChI is InChI=1S/C25H29N4P/c26-24-12-11-22(19-27-24)28-14-16-29(17-15-28)25(23-13-18-30-23,20-7-3-1-4-8-20)21-9-5-2-6-10-21/h1-12,19,23,30H,13-18H2,(H2,26,27). The normalized spacial score (nSPS) is 20.8. The summed E-state index contributed by atoms with van der Waals surface area (Å²) in [5, 5.41) is 0. The Hall–Kier alpha value is -2.42. The van der Waals surface area contributed by atoms with Crippen LogP contribution in [-0.2, 0) is 5.54 Å². The fourth-order valence-electron chi connectivity index (χ4n) is 5.09. The molecule has 2 saturated heterocycles. The first-order valence-electron chi connectivity index (χ1n) is 10.8. The molecule has 5 rings (SSSR count). The molecule has 2 unspecified atom stereocenters. The minimum Gasteiger partial charge on any atom is -0.384 e. The summed E-state index contributed by atoms with van der Waals surface area (Å²) in [5.41, 5.74) is 10.5. The Morgan fingerprint density at radius 1 is 0.833 bits per heavy atom. The van der Waals surface area contributed by atoms with Crippen molar-refractivity contribution in [2.24, 2.45) is 0 Å². The molecule has 3 heterocycles. The topological polar surface area (TPSA) is 45.4 Å². The molecule has 2 aromatic carbocycles. The monoisotopic (exact) mass is 416 g/mol. The van der Waals surface area contributed by atoms with Crippen LogP contribution in [0.25, 0.3) is 0 Å². The summed E-state index contributed by atoms with van der Waals surface area (Å²) in [6.45, 7) is 4.08. The molecule has 2 fully saturated rings. The second-order valence-electron chi connectivity index (χ2n) is 8.21. The van der Waals surface area contributed by atoms with Crippen LogP contribution in [0.15, 0.2) is 79.0 Å². The van der Waals surface area contributed by atoms with Gasteiger partial charge in [0.15, 0.2) is 0 Å². The maximum atomic E-state index is 5.78. The summed E-state index contributed by atoms with van der Waals surface area (Å²) in [6.07, 6.45) is 4.58. The molecule has 2 aliphatic heterocycles. The molecule has 154 valence electrons. The average molecular weight is 417 g/mol. The zero-order valence-electron chi connectivity index (χ0n) is 17.2. The SMILES string of the molecule is Nc1ccc(N2CCN(C(c3ccccc3)(c3ccccc3)C3CCP3)CC2)cn1. The molecule has 2 aliphatic rings. The average Bonchev–Trinajstić information content (AvgIpc) is 2.78. The number of anilines is 2. The highest BCUT2D eigenvalue weighted by atomic mass is 31.1. The molecule has 0 amide bonds. The molecular weight excluding hydrogens is 387 g/mol. The summed E-state index contributed by atoms with van der Waals surface area (Å²) in [6, 6.07) is 26.4. The molecule has 1 aromatic heterocycles. The van der Waals surface area contributed by atoms with Crippen molar-refractivity contribution in [3.63, 3.8) is 0 Å². The summed E-state index contributed by atoms with van der Waals surface area (Å²) >= 11 is 0. The van der Waals surface area contributed by atoms with Crippen molar-refractivity contribution in [2.75, 3.05) is 43.0 Å². The van der Waals surface area contributed by atoms with E-state index in [-0.39, 0.29) is 5.54 Å². The summed E-state index contributed by atoms with van der Waals surface area (Å²) in [7, 11) is 1.02. The summed E-state index contributed by atoms with van der Waals surface area (Å²) in [5.74, 6) is 0.579. The lowest BCUT2D eigenvalue weighted by atomic mass is 9.76. The van der Waals surface area contributed by atoms with Crippen LogP contribution in [0, 0.1) is 0 Å². The maximum Gasteiger partial charge on any atom is 0.123 e. The van der Waals surface area contributed by atoms with Gasteiger partial charge in [-0.3, -0.25) is 4.90 Å². The van der Waals surface area contributed by atoms with E-state index in [0.717, 1.165) is 34.8 Å². The maximum absolute atomic E-state index is 5.78. The Balaban J connectivity index is 1.51. The highest BCUT2D eigenvalue weighted by molar-refractivity contribution is 7.41. The number of rotatable bonds is 5. The van der Waals surface area contributed by atoms with Crippen LogP contribution in [0.4, 0.5) is 11.5 Å². The van der Waals surface area contributed by atoms with Gasteiger partial charge >= 0.3 is 0 Å². The van der Waals surface area contributed by atoms with E-state index in [1.165, 1.54) is 29.4 Å². The lowest BCUT2D eigenvalue weighted by Crippen LogP contribution is -2.61. The Kier molecular flexibility index (Phi) is 5.45. The summed E-state index contributed by atoms with van der Waals surface area (Å²) in [4.78, 5) is 9.49. The van der Waals surface area contributed by atoms with Gasteiger partial charge < -0.3 is 10.6 Å². The van der Waals surface area contributed by atoms with E-state index in [4.69, 9.17) is 5.73 Å². The number of nitrogen functional groups attached to an aromatic ring is 1. The third kappa shape index (κ3) is 3.38.